The van der Waals surface area contributed by atoms with E-state index in [1.54, 1.807) is 26.8 Å². The maximum absolute atomic E-state index is 12.6. The van der Waals surface area contributed by atoms with Crippen LogP contribution in [0.1, 0.15) is 112 Å². The third kappa shape index (κ3) is 9.48. The molecule has 8 fully saturated rings. The maximum atomic E-state index is 12.6. The Labute approximate surface area is 402 Å². The van der Waals surface area contributed by atoms with Crippen LogP contribution in [0.3, 0.4) is 0 Å². The van der Waals surface area contributed by atoms with Crippen LogP contribution in [0.4, 0.5) is 0 Å². The van der Waals surface area contributed by atoms with Gasteiger partial charge in [-0.2, -0.15) is 0 Å². The van der Waals surface area contributed by atoms with Crippen molar-refractivity contribution in [1.29, 1.82) is 0 Å². The summed E-state index contributed by atoms with van der Waals surface area (Å²) >= 11 is 0. The summed E-state index contributed by atoms with van der Waals surface area (Å²) in [6.45, 7) is 10.3. The van der Waals surface area contributed by atoms with Crippen molar-refractivity contribution in [2.45, 2.75) is 234 Å². The number of fused-ring (bicyclic) bond motifs is 5. The molecule has 0 amide bonds. The van der Waals surface area contributed by atoms with Gasteiger partial charge in [-0.1, -0.05) is 13.8 Å². The number of aliphatic hydroxyl groups is 8. The van der Waals surface area contributed by atoms with Crippen molar-refractivity contribution in [3.05, 3.63) is 11.6 Å². The number of esters is 2. The SMILES string of the molecule is CC(=O)OC1C[C@H](O[C@@H]2C(O)C[C@H](O[C@@H]3C(O)C[C@@H](OC4CC[C@]5(C)C(CCC6C5CC(O)[C@@]5(C)C(C7=CC(=O)OC7)CC[C@@]65O)C4)OC3C)OC2C)O[C@H](C)[C@H]1O[C@H]1OC(CO)C(O)C(O)C1O. The highest BCUT2D eigenvalue weighted by Crippen LogP contribution is 2.70. The van der Waals surface area contributed by atoms with Gasteiger partial charge >= 0.3 is 11.9 Å². The van der Waals surface area contributed by atoms with Gasteiger partial charge in [0, 0.05) is 37.7 Å². The molecule has 5 aliphatic heterocycles. The first-order chi connectivity index (χ1) is 32.6. The molecule has 9 aliphatic rings. The van der Waals surface area contributed by atoms with E-state index in [0.29, 0.717) is 25.2 Å². The second kappa shape index (κ2) is 20.0. The van der Waals surface area contributed by atoms with E-state index >= 15 is 0 Å². The zero-order valence-corrected chi connectivity index (χ0v) is 40.5. The van der Waals surface area contributed by atoms with Crippen molar-refractivity contribution in [2.75, 3.05) is 13.2 Å². The monoisotopic (exact) mass is 984 g/mol. The quantitative estimate of drug-likeness (QED) is 0.104. The summed E-state index contributed by atoms with van der Waals surface area (Å²) < 4.78 is 60.1. The number of aliphatic hydroxyl groups excluding tert-OH is 7. The van der Waals surface area contributed by atoms with Gasteiger partial charge in [0.05, 0.1) is 54.9 Å². The number of carbonyl (C=O) groups excluding carboxylic acids is 2. The van der Waals surface area contributed by atoms with Crippen molar-refractivity contribution >= 4 is 11.9 Å². The topological polar surface area (TPSA) is 288 Å². The van der Waals surface area contributed by atoms with Gasteiger partial charge in [-0.05, 0) is 107 Å². The van der Waals surface area contributed by atoms with E-state index in [4.69, 9.17) is 47.4 Å². The molecule has 0 aromatic heterocycles. The third-order valence-electron chi connectivity index (χ3n) is 18.4. The number of carbonyl (C=O) groups is 2. The molecule has 4 saturated carbocycles. The molecule has 0 spiro atoms. The van der Waals surface area contributed by atoms with Crippen molar-refractivity contribution < 1.29 is 97.8 Å². The molecule has 20 heteroatoms. The van der Waals surface area contributed by atoms with Gasteiger partial charge in [0.1, 0.15) is 55.4 Å². The van der Waals surface area contributed by atoms with Crippen molar-refractivity contribution in [3.63, 3.8) is 0 Å². The largest absolute Gasteiger partial charge is 0.459 e. The normalized spacial score (nSPS) is 53.3. The lowest BCUT2D eigenvalue weighted by molar-refractivity contribution is -0.355. The highest BCUT2D eigenvalue weighted by atomic mass is 16.8. The molecule has 0 radical (unpaired) electrons. The molecular weight excluding hydrogens is 909 g/mol. The molecule has 26 atom stereocenters. The van der Waals surface area contributed by atoms with E-state index < -0.39 is 134 Å². The molecule has 4 aliphatic carbocycles. The Balaban J connectivity index is 0.752. The van der Waals surface area contributed by atoms with Crippen LogP contribution in [-0.2, 0) is 57.0 Å². The van der Waals surface area contributed by atoms with Crippen LogP contribution in [0.15, 0.2) is 11.6 Å². The van der Waals surface area contributed by atoms with E-state index in [2.05, 4.69) is 6.92 Å². The van der Waals surface area contributed by atoms with Crippen molar-refractivity contribution in [1.82, 2.24) is 0 Å². The molecule has 69 heavy (non-hydrogen) atoms. The standard InChI is InChI=1S/C49H76O20/c1-21-43(67-38-17-32(53)44(22(2)62-38)68-39-18-33(64-24(4)51)45(23(3)63-39)69-46-42(58)41(57)40(56)34(19-50)66-46)31(52)16-37(61-21)65-27-9-11-47(5)26(14-27)7-8-29-30(47)15-35(54)48(6)28(10-12-49(29,48)59)25-13-36(55)60-20-25/h13,21-23,26-35,37-46,50,52-54,56-59H,7-12,14-20H2,1-6H3/t21?,22?,23-,26?,27?,28?,29?,30?,31?,32?,33?,34?,35?,37-,38+,39+,40?,41?,42?,43+,44+,45-,46-,47-,48-,49-/m1/s1. The summed E-state index contributed by atoms with van der Waals surface area (Å²) in [6, 6.07) is 0. The van der Waals surface area contributed by atoms with Gasteiger partial charge in [0.15, 0.2) is 25.2 Å². The predicted molar refractivity (Wildman–Crippen MR) is 235 cm³/mol. The van der Waals surface area contributed by atoms with E-state index in [-0.39, 0.29) is 61.1 Å². The minimum absolute atomic E-state index is 0.00421. The minimum Gasteiger partial charge on any atom is -0.459 e. The number of hydrogen-bond acceptors (Lipinski definition) is 20. The number of hydrogen-bond donors (Lipinski definition) is 8. The first-order valence-electron chi connectivity index (χ1n) is 25.3. The van der Waals surface area contributed by atoms with E-state index in [9.17, 15) is 50.4 Å². The minimum atomic E-state index is -1.69. The van der Waals surface area contributed by atoms with Gasteiger partial charge in [0.25, 0.3) is 0 Å². The summed E-state index contributed by atoms with van der Waals surface area (Å²) in [4.78, 5) is 24.2. The highest BCUT2D eigenvalue weighted by molar-refractivity contribution is 5.85. The molecule has 0 aromatic carbocycles. The van der Waals surface area contributed by atoms with Crippen LogP contribution in [0.5, 0.6) is 0 Å². The molecule has 15 unspecified atom stereocenters. The molecule has 8 N–H and O–H groups in total. The smallest absolute Gasteiger partial charge is 0.331 e. The number of ether oxygens (including phenoxy) is 10. The molecule has 5 heterocycles. The zero-order chi connectivity index (χ0) is 49.5. The van der Waals surface area contributed by atoms with Crippen LogP contribution < -0.4 is 0 Å². The molecule has 9 rings (SSSR count). The Kier molecular flexibility index (Phi) is 15.1. The molecule has 392 valence electrons. The molecule has 20 nitrogen and oxygen atoms in total. The van der Waals surface area contributed by atoms with Crippen LogP contribution in [0.25, 0.3) is 0 Å². The Bertz CT molecular complexity index is 1850. The average Bonchev–Trinajstić information content (AvgIpc) is 3.84. The number of rotatable bonds is 11. The molecular formula is C49H76O20. The second-order valence-corrected chi connectivity index (χ2v) is 22.2. The molecule has 0 bridgehead atoms. The fourth-order valence-electron chi connectivity index (χ4n) is 14.6. The van der Waals surface area contributed by atoms with Gasteiger partial charge in [-0.25, -0.2) is 4.79 Å². The van der Waals surface area contributed by atoms with Crippen LogP contribution in [0, 0.1) is 34.5 Å². The van der Waals surface area contributed by atoms with E-state index in [1.165, 1.54) is 6.92 Å². The summed E-state index contributed by atoms with van der Waals surface area (Å²) in [5.74, 6) is -0.580. The molecule has 4 saturated heterocycles. The Hall–Kier alpha value is -1.96. The van der Waals surface area contributed by atoms with Crippen LogP contribution in [-0.4, -0.2) is 188 Å². The zero-order valence-electron chi connectivity index (χ0n) is 40.5. The number of cyclic esters (lactones) is 1. The Morgan fingerprint density at radius 2 is 1.33 bits per heavy atom. The lowest BCUT2D eigenvalue weighted by Gasteiger charge is -2.65. The lowest BCUT2D eigenvalue weighted by Crippen LogP contribution is -2.67. The van der Waals surface area contributed by atoms with Gasteiger partial charge in [-0.3, -0.25) is 4.79 Å². The van der Waals surface area contributed by atoms with Crippen molar-refractivity contribution in [3.8, 4) is 0 Å². The summed E-state index contributed by atoms with van der Waals surface area (Å²) in [7, 11) is 0. The lowest BCUT2D eigenvalue weighted by atomic mass is 9.42. The fraction of sp³-hybridized carbons (Fsp3) is 0.918. The maximum Gasteiger partial charge on any atom is 0.331 e. The van der Waals surface area contributed by atoms with Gasteiger partial charge < -0.3 is 88.2 Å². The summed E-state index contributed by atoms with van der Waals surface area (Å²) in [6.07, 6.45) is -11.1. The third-order valence-corrected chi connectivity index (χ3v) is 18.4. The summed E-state index contributed by atoms with van der Waals surface area (Å²) in [5, 5.41) is 88.1. The van der Waals surface area contributed by atoms with Gasteiger partial charge in [0.2, 0.25) is 0 Å². The van der Waals surface area contributed by atoms with Gasteiger partial charge in [-0.15, -0.1) is 0 Å². The van der Waals surface area contributed by atoms with Crippen LogP contribution >= 0.6 is 0 Å². The Morgan fingerprint density at radius 3 is 1.93 bits per heavy atom. The van der Waals surface area contributed by atoms with Crippen LogP contribution in [0.2, 0.25) is 0 Å². The first-order valence-corrected chi connectivity index (χ1v) is 25.3. The second-order valence-electron chi connectivity index (χ2n) is 22.2. The average molecular weight is 985 g/mol. The van der Waals surface area contributed by atoms with E-state index in [0.717, 1.165) is 37.7 Å². The Morgan fingerprint density at radius 1 is 0.710 bits per heavy atom. The van der Waals surface area contributed by atoms with E-state index in [1.807, 2.05) is 6.92 Å². The molecule has 0 aromatic rings. The highest BCUT2D eigenvalue weighted by Gasteiger charge is 2.71. The fourth-order valence-corrected chi connectivity index (χ4v) is 14.6. The van der Waals surface area contributed by atoms with Crippen molar-refractivity contribution in [2.24, 2.45) is 34.5 Å². The summed E-state index contributed by atoms with van der Waals surface area (Å²) in [5.41, 5.74) is -1.01. The predicted octanol–water partition coefficient (Wildman–Crippen LogP) is 0.613. The first kappa shape index (κ1) is 51.9.